The molecule has 9 heteroatoms. The highest BCUT2D eigenvalue weighted by atomic mass is 16.5. The van der Waals surface area contributed by atoms with Crippen molar-refractivity contribution in [2.75, 3.05) is 5.32 Å². The summed E-state index contributed by atoms with van der Waals surface area (Å²) < 4.78 is 6.99. The van der Waals surface area contributed by atoms with Crippen molar-refractivity contribution in [2.24, 2.45) is 0 Å². The molecule has 158 valence electrons. The van der Waals surface area contributed by atoms with E-state index in [1.54, 1.807) is 36.7 Å². The Labute approximate surface area is 183 Å². The third-order valence-corrected chi connectivity index (χ3v) is 5.18. The Bertz CT molecular complexity index is 1450. The van der Waals surface area contributed by atoms with Crippen molar-refractivity contribution in [3.63, 3.8) is 0 Å². The normalized spacial score (nSPS) is 11.1. The maximum absolute atomic E-state index is 13.3. The van der Waals surface area contributed by atoms with E-state index in [2.05, 4.69) is 31.0 Å². The number of amides is 1. The van der Waals surface area contributed by atoms with Crippen LogP contribution in [0.15, 0.2) is 59.1 Å². The average Bonchev–Trinajstić information content (AvgIpc) is 3.39. The van der Waals surface area contributed by atoms with Crippen LogP contribution >= 0.6 is 0 Å². The van der Waals surface area contributed by atoms with Crippen molar-refractivity contribution in [3.8, 4) is 16.9 Å². The van der Waals surface area contributed by atoms with Crippen LogP contribution in [-0.2, 0) is 0 Å². The molecule has 0 fully saturated rings. The fourth-order valence-corrected chi connectivity index (χ4v) is 3.53. The second-order valence-corrected chi connectivity index (χ2v) is 7.51. The molecule has 0 spiro atoms. The Morgan fingerprint density at radius 1 is 1.03 bits per heavy atom. The van der Waals surface area contributed by atoms with Crippen LogP contribution in [0.3, 0.4) is 0 Å². The molecule has 0 saturated heterocycles. The smallest absolute Gasteiger partial charge is 0.259 e. The second-order valence-electron chi connectivity index (χ2n) is 7.51. The Morgan fingerprint density at radius 3 is 2.59 bits per heavy atom. The van der Waals surface area contributed by atoms with Crippen LogP contribution in [0.4, 0.5) is 5.69 Å². The Morgan fingerprint density at radius 2 is 1.84 bits per heavy atom. The van der Waals surface area contributed by atoms with Gasteiger partial charge in [-0.2, -0.15) is 4.68 Å². The van der Waals surface area contributed by atoms with Crippen LogP contribution in [-0.4, -0.2) is 36.3 Å². The topological polar surface area (TPSA) is 112 Å². The number of aryl methyl sites for hydroxylation is 3. The van der Waals surface area contributed by atoms with Crippen LogP contribution in [0.1, 0.15) is 27.4 Å². The summed E-state index contributed by atoms with van der Waals surface area (Å²) in [5.74, 6) is 0.356. The number of benzene rings is 2. The number of hydrogen-bond acceptors (Lipinski definition) is 7. The molecule has 1 N–H and O–H groups in total. The Balaban J connectivity index is 1.54. The van der Waals surface area contributed by atoms with Crippen molar-refractivity contribution in [1.29, 1.82) is 0 Å². The third kappa shape index (κ3) is 3.49. The highest BCUT2D eigenvalue weighted by Crippen LogP contribution is 2.28. The first-order valence-electron chi connectivity index (χ1n) is 10.0. The van der Waals surface area contributed by atoms with Crippen molar-refractivity contribution < 1.29 is 9.32 Å². The van der Waals surface area contributed by atoms with E-state index in [0.29, 0.717) is 39.6 Å². The Kier molecular flexibility index (Phi) is 4.70. The molecule has 0 radical (unpaired) electrons. The van der Waals surface area contributed by atoms with E-state index in [-0.39, 0.29) is 5.91 Å². The van der Waals surface area contributed by atoms with E-state index >= 15 is 0 Å². The molecule has 0 atom stereocenters. The molecular formula is C23H19N7O2. The molecule has 9 nitrogen and oxygen atoms in total. The largest absolute Gasteiger partial charge is 0.335 e. The van der Waals surface area contributed by atoms with Gasteiger partial charge in [0.15, 0.2) is 5.82 Å². The summed E-state index contributed by atoms with van der Waals surface area (Å²) in [7, 11) is 0. The molecule has 2 aromatic carbocycles. The number of fused-ring (bicyclic) bond motifs is 1. The zero-order valence-electron chi connectivity index (χ0n) is 17.7. The lowest BCUT2D eigenvalue weighted by molar-refractivity contribution is 0.102. The van der Waals surface area contributed by atoms with Gasteiger partial charge in [-0.3, -0.25) is 4.79 Å². The lowest BCUT2D eigenvalue weighted by Gasteiger charge is -2.10. The van der Waals surface area contributed by atoms with Crippen LogP contribution in [0.5, 0.6) is 0 Å². The summed E-state index contributed by atoms with van der Waals surface area (Å²) >= 11 is 0. The number of carbonyl (C=O) groups excluding carboxylic acids is 1. The molecule has 0 aliphatic carbocycles. The third-order valence-electron chi connectivity index (χ3n) is 5.18. The van der Waals surface area contributed by atoms with Gasteiger partial charge in [0, 0.05) is 11.3 Å². The molecule has 5 rings (SSSR count). The van der Waals surface area contributed by atoms with E-state index in [4.69, 9.17) is 4.52 Å². The summed E-state index contributed by atoms with van der Waals surface area (Å²) in [6.45, 7) is 5.61. The summed E-state index contributed by atoms with van der Waals surface area (Å²) in [6, 6.07) is 17.0. The summed E-state index contributed by atoms with van der Waals surface area (Å²) in [4.78, 5) is 17.9. The lowest BCUT2D eigenvalue weighted by Crippen LogP contribution is -2.13. The van der Waals surface area contributed by atoms with Gasteiger partial charge in [0.2, 0.25) is 0 Å². The van der Waals surface area contributed by atoms with Gasteiger partial charge in [-0.05, 0) is 55.5 Å². The molecule has 0 saturated carbocycles. The molecule has 5 aromatic rings. The maximum Gasteiger partial charge on any atom is 0.259 e. The molecule has 0 unspecified atom stereocenters. The van der Waals surface area contributed by atoms with E-state index in [9.17, 15) is 4.79 Å². The van der Waals surface area contributed by atoms with Gasteiger partial charge in [0.25, 0.3) is 11.6 Å². The fourth-order valence-electron chi connectivity index (χ4n) is 3.53. The maximum atomic E-state index is 13.3. The molecule has 1 amide bonds. The number of tetrazole rings is 1. The van der Waals surface area contributed by atoms with Crippen molar-refractivity contribution >= 4 is 22.7 Å². The molecule has 0 aliphatic heterocycles. The monoisotopic (exact) mass is 425 g/mol. The number of nitrogens with one attached hydrogen (secondary N) is 1. The summed E-state index contributed by atoms with van der Waals surface area (Å²) in [5.41, 5.74) is 5.38. The first-order chi connectivity index (χ1) is 15.5. The highest BCUT2D eigenvalue weighted by Gasteiger charge is 2.20. The van der Waals surface area contributed by atoms with Gasteiger partial charge >= 0.3 is 0 Å². The van der Waals surface area contributed by atoms with Crippen molar-refractivity contribution in [1.82, 2.24) is 30.3 Å². The number of hydrogen-bond donors (Lipinski definition) is 1. The predicted molar refractivity (Wildman–Crippen MR) is 119 cm³/mol. The van der Waals surface area contributed by atoms with Crippen LogP contribution < -0.4 is 5.32 Å². The van der Waals surface area contributed by atoms with Crippen LogP contribution in [0, 0.1) is 20.8 Å². The van der Waals surface area contributed by atoms with Gasteiger partial charge < -0.3 is 9.84 Å². The number of carbonyl (C=O) groups is 1. The molecular weight excluding hydrogens is 406 g/mol. The number of nitrogens with zero attached hydrogens (tertiary/aromatic N) is 6. The van der Waals surface area contributed by atoms with E-state index in [1.165, 1.54) is 0 Å². The minimum Gasteiger partial charge on any atom is -0.335 e. The zero-order valence-corrected chi connectivity index (χ0v) is 17.7. The summed E-state index contributed by atoms with van der Waals surface area (Å²) in [5, 5.41) is 19.1. The number of rotatable bonds is 4. The second kappa shape index (κ2) is 7.69. The van der Waals surface area contributed by atoms with Crippen LogP contribution in [0.2, 0.25) is 0 Å². The SMILES string of the molecule is Cc1ccc(-c2cc(C(=O)Nc3cccc(-n4nnnc4C)c3)c3c(C)noc3n2)cc1. The van der Waals surface area contributed by atoms with Crippen LogP contribution in [0.25, 0.3) is 28.0 Å². The van der Waals surface area contributed by atoms with E-state index in [0.717, 1.165) is 16.8 Å². The molecule has 0 aliphatic rings. The van der Waals surface area contributed by atoms with Crippen molar-refractivity contribution in [2.45, 2.75) is 20.8 Å². The predicted octanol–water partition coefficient (Wildman–Crippen LogP) is 4.04. The highest BCUT2D eigenvalue weighted by molar-refractivity contribution is 6.13. The first-order valence-corrected chi connectivity index (χ1v) is 10.0. The van der Waals surface area contributed by atoms with E-state index < -0.39 is 0 Å². The fraction of sp³-hybridized carbons (Fsp3) is 0.130. The van der Waals surface area contributed by atoms with Gasteiger partial charge in [-0.15, -0.1) is 5.10 Å². The van der Waals surface area contributed by atoms with Gasteiger partial charge in [0.05, 0.1) is 28.0 Å². The van der Waals surface area contributed by atoms with Gasteiger partial charge in [-0.25, -0.2) is 4.98 Å². The van der Waals surface area contributed by atoms with Gasteiger partial charge in [0.1, 0.15) is 0 Å². The summed E-state index contributed by atoms with van der Waals surface area (Å²) in [6.07, 6.45) is 0. The Hall–Kier alpha value is -4.40. The number of pyridine rings is 1. The first kappa shape index (κ1) is 19.6. The van der Waals surface area contributed by atoms with E-state index in [1.807, 2.05) is 43.3 Å². The molecule has 3 heterocycles. The quantitative estimate of drug-likeness (QED) is 0.462. The molecule has 32 heavy (non-hydrogen) atoms. The lowest BCUT2D eigenvalue weighted by atomic mass is 10.0. The minimum absolute atomic E-state index is 0.289. The number of anilines is 1. The van der Waals surface area contributed by atoms with Gasteiger partial charge in [-0.1, -0.05) is 41.1 Å². The molecule has 3 aromatic heterocycles. The van der Waals surface area contributed by atoms with Crippen molar-refractivity contribution in [3.05, 3.63) is 77.2 Å². The molecule has 0 bridgehead atoms. The average molecular weight is 425 g/mol. The minimum atomic E-state index is -0.289. The standard InChI is InChI=1S/C23H19N7O2/c1-13-7-9-16(10-8-13)20-12-19(21-14(2)27-32-23(21)25-20)22(31)24-17-5-4-6-18(11-17)30-15(3)26-28-29-30/h4-12H,1-3H3,(H,24,31). The zero-order chi connectivity index (χ0) is 22.2. The number of aromatic nitrogens is 6.